The average Bonchev–Trinajstić information content (AvgIpc) is 2.11. The summed E-state index contributed by atoms with van der Waals surface area (Å²) in [4.78, 5) is 0. The first kappa shape index (κ1) is 11.2. The second-order valence-electron chi connectivity index (χ2n) is 2.91. The van der Waals surface area contributed by atoms with Crippen LogP contribution in [0.1, 0.15) is 18.9 Å². The first-order chi connectivity index (χ1) is 6.15. The Bertz CT molecular complexity index is 263. The van der Waals surface area contributed by atoms with Gasteiger partial charge in [-0.15, -0.1) is 11.6 Å². The SMILES string of the molecule is CCC(Cl)Cc1c(Cl)cccc1Cl. The quantitative estimate of drug-likeness (QED) is 0.677. The summed E-state index contributed by atoms with van der Waals surface area (Å²) < 4.78 is 0. The van der Waals surface area contributed by atoms with Gasteiger partial charge in [0.1, 0.15) is 0 Å². The van der Waals surface area contributed by atoms with Crippen molar-refractivity contribution in [3.05, 3.63) is 33.8 Å². The molecule has 0 heterocycles. The lowest BCUT2D eigenvalue weighted by Crippen LogP contribution is -2.02. The van der Waals surface area contributed by atoms with Gasteiger partial charge in [-0.1, -0.05) is 36.2 Å². The minimum Gasteiger partial charge on any atom is -0.123 e. The van der Waals surface area contributed by atoms with E-state index in [4.69, 9.17) is 34.8 Å². The fraction of sp³-hybridized carbons (Fsp3) is 0.400. The van der Waals surface area contributed by atoms with E-state index >= 15 is 0 Å². The van der Waals surface area contributed by atoms with Crippen LogP contribution < -0.4 is 0 Å². The zero-order valence-corrected chi connectivity index (χ0v) is 9.63. The zero-order valence-electron chi connectivity index (χ0n) is 7.36. The van der Waals surface area contributed by atoms with Crippen molar-refractivity contribution in [2.45, 2.75) is 25.1 Å². The van der Waals surface area contributed by atoms with Crippen LogP contribution in [-0.2, 0) is 6.42 Å². The predicted octanol–water partition coefficient (Wildman–Crippen LogP) is 4.55. The highest BCUT2D eigenvalue weighted by Crippen LogP contribution is 2.27. The van der Waals surface area contributed by atoms with Gasteiger partial charge in [-0.05, 0) is 30.5 Å². The Morgan fingerprint density at radius 3 is 2.23 bits per heavy atom. The van der Waals surface area contributed by atoms with Crippen molar-refractivity contribution in [1.29, 1.82) is 0 Å². The van der Waals surface area contributed by atoms with E-state index in [0.717, 1.165) is 18.4 Å². The smallest absolute Gasteiger partial charge is 0.0453 e. The van der Waals surface area contributed by atoms with Crippen LogP contribution in [0.4, 0.5) is 0 Å². The maximum atomic E-state index is 6.03. The van der Waals surface area contributed by atoms with E-state index in [-0.39, 0.29) is 5.38 Å². The van der Waals surface area contributed by atoms with E-state index in [1.807, 2.05) is 25.1 Å². The molecular formula is C10H11Cl3. The molecule has 1 aromatic carbocycles. The Morgan fingerprint density at radius 2 is 1.77 bits per heavy atom. The van der Waals surface area contributed by atoms with E-state index in [2.05, 4.69) is 0 Å². The molecule has 0 bridgehead atoms. The summed E-state index contributed by atoms with van der Waals surface area (Å²) in [7, 11) is 0. The normalized spacial score (nSPS) is 12.9. The molecule has 0 aliphatic heterocycles. The number of rotatable bonds is 3. The molecule has 0 N–H and O–H groups in total. The lowest BCUT2D eigenvalue weighted by atomic mass is 10.1. The topological polar surface area (TPSA) is 0 Å². The number of benzene rings is 1. The molecule has 0 aliphatic carbocycles. The van der Waals surface area contributed by atoms with Gasteiger partial charge in [-0.25, -0.2) is 0 Å². The molecule has 1 unspecified atom stereocenters. The number of hydrogen-bond acceptors (Lipinski definition) is 0. The highest BCUT2D eigenvalue weighted by Gasteiger charge is 2.09. The van der Waals surface area contributed by atoms with Gasteiger partial charge in [-0.3, -0.25) is 0 Å². The summed E-state index contributed by atoms with van der Waals surface area (Å²) in [6.45, 7) is 2.04. The van der Waals surface area contributed by atoms with Gasteiger partial charge in [0.05, 0.1) is 0 Å². The van der Waals surface area contributed by atoms with Gasteiger partial charge in [0.2, 0.25) is 0 Å². The van der Waals surface area contributed by atoms with E-state index in [1.54, 1.807) is 0 Å². The minimum atomic E-state index is 0.109. The zero-order chi connectivity index (χ0) is 9.84. The second-order valence-corrected chi connectivity index (χ2v) is 4.34. The molecular weight excluding hydrogens is 226 g/mol. The highest BCUT2D eigenvalue weighted by molar-refractivity contribution is 6.36. The van der Waals surface area contributed by atoms with Crippen molar-refractivity contribution < 1.29 is 0 Å². The van der Waals surface area contributed by atoms with Gasteiger partial charge in [0.15, 0.2) is 0 Å². The highest BCUT2D eigenvalue weighted by atomic mass is 35.5. The molecule has 0 saturated carbocycles. The Kier molecular flexibility index (Phi) is 4.37. The molecule has 13 heavy (non-hydrogen) atoms. The van der Waals surface area contributed by atoms with Gasteiger partial charge in [0, 0.05) is 15.4 Å². The fourth-order valence-electron chi connectivity index (χ4n) is 1.09. The number of halogens is 3. The summed E-state index contributed by atoms with van der Waals surface area (Å²) >= 11 is 18.0. The van der Waals surface area contributed by atoms with Crippen molar-refractivity contribution in [1.82, 2.24) is 0 Å². The summed E-state index contributed by atoms with van der Waals surface area (Å²) in [5, 5.41) is 1.51. The number of alkyl halides is 1. The van der Waals surface area contributed by atoms with Gasteiger partial charge in [-0.2, -0.15) is 0 Å². The molecule has 0 aromatic heterocycles. The monoisotopic (exact) mass is 236 g/mol. The predicted molar refractivity (Wildman–Crippen MR) is 60.1 cm³/mol. The summed E-state index contributed by atoms with van der Waals surface area (Å²) in [6.07, 6.45) is 1.65. The van der Waals surface area contributed by atoms with Crippen LogP contribution in [0.2, 0.25) is 10.0 Å². The summed E-state index contributed by atoms with van der Waals surface area (Å²) in [6, 6.07) is 5.51. The summed E-state index contributed by atoms with van der Waals surface area (Å²) in [5.41, 5.74) is 0.952. The van der Waals surface area contributed by atoms with Crippen LogP contribution >= 0.6 is 34.8 Å². The third-order valence-corrected chi connectivity index (χ3v) is 3.10. The molecule has 1 aromatic rings. The molecule has 1 rings (SSSR count). The van der Waals surface area contributed by atoms with Crippen LogP contribution in [0.25, 0.3) is 0 Å². The molecule has 0 radical (unpaired) electrons. The molecule has 0 amide bonds. The fourth-order valence-corrected chi connectivity index (χ4v) is 1.80. The largest absolute Gasteiger partial charge is 0.123 e. The van der Waals surface area contributed by atoms with Crippen molar-refractivity contribution >= 4 is 34.8 Å². The minimum absolute atomic E-state index is 0.109. The molecule has 1 atom stereocenters. The summed E-state index contributed by atoms with van der Waals surface area (Å²) in [5.74, 6) is 0. The maximum Gasteiger partial charge on any atom is 0.0453 e. The molecule has 3 heteroatoms. The second kappa shape index (κ2) is 5.09. The van der Waals surface area contributed by atoms with E-state index in [0.29, 0.717) is 10.0 Å². The lowest BCUT2D eigenvalue weighted by Gasteiger charge is -2.09. The van der Waals surface area contributed by atoms with Gasteiger partial charge < -0.3 is 0 Å². The van der Waals surface area contributed by atoms with Gasteiger partial charge in [0.25, 0.3) is 0 Å². The first-order valence-corrected chi connectivity index (χ1v) is 5.41. The molecule has 0 nitrogen and oxygen atoms in total. The van der Waals surface area contributed by atoms with E-state index < -0.39 is 0 Å². The molecule has 0 fully saturated rings. The standard InChI is InChI=1S/C10H11Cl3/c1-2-7(11)6-8-9(12)4-3-5-10(8)13/h3-5,7H,2,6H2,1H3. The Balaban J connectivity index is 2.87. The van der Waals surface area contributed by atoms with Crippen molar-refractivity contribution in [2.24, 2.45) is 0 Å². The van der Waals surface area contributed by atoms with E-state index in [9.17, 15) is 0 Å². The molecule has 72 valence electrons. The van der Waals surface area contributed by atoms with Crippen molar-refractivity contribution in [3.63, 3.8) is 0 Å². The third-order valence-electron chi connectivity index (χ3n) is 1.93. The van der Waals surface area contributed by atoms with E-state index in [1.165, 1.54) is 0 Å². The van der Waals surface area contributed by atoms with Crippen LogP contribution in [0.3, 0.4) is 0 Å². The Morgan fingerprint density at radius 1 is 1.23 bits per heavy atom. The van der Waals surface area contributed by atoms with Gasteiger partial charge >= 0.3 is 0 Å². The third kappa shape index (κ3) is 3.05. The molecule has 0 aliphatic rings. The average molecular weight is 238 g/mol. The van der Waals surface area contributed by atoms with Crippen molar-refractivity contribution in [3.8, 4) is 0 Å². The lowest BCUT2D eigenvalue weighted by molar-refractivity contribution is 0.805. The Hall–Kier alpha value is 0.0900. The number of hydrogen-bond donors (Lipinski definition) is 0. The van der Waals surface area contributed by atoms with Crippen LogP contribution in [0, 0.1) is 0 Å². The Labute approximate surface area is 93.8 Å². The van der Waals surface area contributed by atoms with Crippen LogP contribution in [0.15, 0.2) is 18.2 Å². The molecule has 0 spiro atoms. The maximum absolute atomic E-state index is 6.03. The van der Waals surface area contributed by atoms with Crippen LogP contribution in [0.5, 0.6) is 0 Å². The molecule has 0 saturated heterocycles. The first-order valence-electron chi connectivity index (χ1n) is 4.22. The van der Waals surface area contributed by atoms with Crippen molar-refractivity contribution in [2.75, 3.05) is 0 Å². The van der Waals surface area contributed by atoms with Crippen LogP contribution in [-0.4, -0.2) is 5.38 Å².